The van der Waals surface area contributed by atoms with Crippen molar-refractivity contribution in [2.45, 2.75) is 50.6 Å². The van der Waals surface area contributed by atoms with Crippen LogP contribution >= 0.6 is 0 Å². The van der Waals surface area contributed by atoms with Crippen molar-refractivity contribution in [1.29, 1.82) is 5.26 Å². The summed E-state index contributed by atoms with van der Waals surface area (Å²) in [5, 5.41) is 12.2. The maximum Gasteiger partial charge on any atom is 0.239 e. The predicted molar refractivity (Wildman–Crippen MR) is 77.7 cm³/mol. The number of halogens is 1. The molecule has 0 radical (unpaired) electrons. The standard InChI is InChI=1S/C16H20FN3O/c17-14-8-7-11(9-12(14)10-18)15(16(19)21)20-13-5-3-1-2-4-6-13/h7-9,13,15,20H,1-6H2,(H2,19,21). The Labute approximate surface area is 124 Å². The van der Waals surface area contributed by atoms with E-state index in [2.05, 4.69) is 5.32 Å². The van der Waals surface area contributed by atoms with Crippen LogP contribution in [0.25, 0.3) is 0 Å². The van der Waals surface area contributed by atoms with Crippen LogP contribution in [0.5, 0.6) is 0 Å². The predicted octanol–water partition coefficient (Wildman–Crippen LogP) is 2.54. The van der Waals surface area contributed by atoms with Gasteiger partial charge in [0.1, 0.15) is 17.9 Å². The number of carbonyl (C=O) groups is 1. The van der Waals surface area contributed by atoms with Crippen molar-refractivity contribution in [3.63, 3.8) is 0 Å². The molecule has 1 fully saturated rings. The van der Waals surface area contributed by atoms with Crippen LogP contribution in [-0.4, -0.2) is 11.9 Å². The van der Waals surface area contributed by atoms with Gasteiger partial charge in [-0.25, -0.2) is 4.39 Å². The van der Waals surface area contributed by atoms with E-state index in [4.69, 9.17) is 11.0 Å². The van der Waals surface area contributed by atoms with Gasteiger partial charge >= 0.3 is 0 Å². The fourth-order valence-electron chi connectivity index (χ4n) is 2.83. The summed E-state index contributed by atoms with van der Waals surface area (Å²) in [5.74, 6) is -1.09. The second-order valence-electron chi connectivity index (χ2n) is 5.54. The summed E-state index contributed by atoms with van der Waals surface area (Å²) in [6, 6.07) is 5.46. The minimum Gasteiger partial charge on any atom is -0.368 e. The lowest BCUT2D eigenvalue weighted by atomic mass is 10.0. The summed E-state index contributed by atoms with van der Waals surface area (Å²) in [6.45, 7) is 0. The van der Waals surface area contributed by atoms with E-state index in [1.54, 1.807) is 6.07 Å². The van der Waals surface area contributed by atoms with Gasteiger partial charge in [0.2, 0.25) is 5.91 Å². The van der Waals surface area contributed by atoms with Crippen molar-refractivity contribution in [3.05, 3.63) is 35.1 Å². The average Bonchev–Trinajstić information content (AvgIpc) is 2.74. The van der Waals surface area contributed by atoms with Gasteiger partial charge in [-0.3, -0.25) is 10.1 Å². The molecule has 1 unspecified atom stereocenters. The van der Waals surface area contributed by atoms with Crippen molar-refractivity contribution >= 4 is 5.91 Å². The van der Waals surface area contributed by atoms with Crippen molar-refractivity contribution in [1.82, 2.24) is 5.32 Å². The SMILES string of the molecule is N#Cc1cc(C(NC2CCCCCC2)C(N)=O)ccc1F. The summed E-state index contributed by atoms with van der Waals surface area (Å²) in [4.78, 5) is 11.7. The Morgan fingerprint density at radius 1 is 1.33 bits per heavy atom. The fraction of sp³-hybridized carbons (Fsp3) is 0.500. The van der Waals surface area contributed by atoms with Crippen molar-refractivity contribution in [2.75, 3.05) is 0 Å². The Morgan fingerprint density at radius 2 is 2.00 bits per heavy atom. The number of nitrogens with one attached hydrogen (secondary N) is 1. The first-order valence-corrected chi connectivity index (χ1v) is 7.36. The maximum atomic E-state index is 13.4. The summed E-state index contributed by atoms with van der Waals surface area (Å²) in [5.41, 5.74) is 5.95. The van der Waals surface area contributed by atoms with Crippen molar-refractivity contribution in [2.24, 2.45) is 5.73 Å². The van der Waals surface area contributed by atoms with E-state index in [1.807, 2.05) is 0 Å². The summed E-state index contributed by atoms with van der Waals surface area (Å²) >= 11 is 0. The summed E-state index contributed by atoms with van der Waals surface area (Å²) in [7, 11) is 0. The molecule has 0 bridgehead atoms. The molecule has 0 aliphatic heterocycles. The Kier molecular flexibility index (Phi) is 5.29. The van der Waals surface area contributed by atoms with Crippen LogP contribution in [0.2, 0.25) is 0 Å². The van der Waals surface area contributed by atoms with Gasteiger partial charge in [-0.15, -0.1) is 0 Å². The molecule has 3 N–H and O–H groups in total. The fourth-order valence-corrected chi connectivity index (χ4v) is 2.83. The molecule has 1 aromatic carbocycles. The normalized spacial score (nSPS) is 17.7. The highest BCUT2D eigenvalue weighted by Gasteiger charge is 2.23. The van der Waals surface area contributed by atoms with Gasteiger partial charge in [-0.1, -0.05) is 31.7 Å². The largest absolute Gasteiger partial charge is 0.368 e. The minimum atomic E-state index is -0.680. The average molecular weight is 289 g/mol. The second-order valence-corrected chi connectivity index (χ2v) is 5.54. The summed E-state index contributed by atoms with van der Waals surface area (Å²) in [6.07, 6.45) is 6.72. The van der Waals surface area contributed by atoms with Crippen LogP contribution in [0.4, 0.5) is 4.39 Å². The lowest BCUT2D eigenvalue weighted by Crippen LogP contribution is -2.40. The Balaban J connectivity index is 2.18. The number of nitrogens with zero attached hydrogens (tertiary/aromatic N) is 1. The number of primary amides is 1. The third-order valence-corrected chi connectivity index (χ3v) is 3.99. The Hall–Kier alpha value is -1.93. The number of hydrogen-bond acceptors (Lipinski definition) is 3. The highest BCUT2D eigenvalue weighted by molar-refractivity contribution is 5.81. The number of benzene rings is 1. The monoisotopic (exact) mass is 289 g/mol. The zero-order valence-corrected chi connectivity index (χ0v) is 11.9. The third-order valence-electron chi connectivity index (χ3n) is 3.99. The maximum absolute atomic E-state index is 13.4. The molecule has 1 atom stereocenters. The Morgan fingerprint density at radius 3 is 2.57 bits per heavy atom. The van der Waals surface area contributed by atoms with Gasteiger partial charge in [0.25, 0.3) is 0 Å². The summed E-state index contributed by atoms with van der Waals surface area (Å²) < 4.78 is 13.4. The highest BCUT2D eigenvalue weighted by Crippen LogP contribution is 2.22. The molecular weight excluding hydrogens is 269 g/mol. The van der Waals surface area contributed by atoms with Gasteiger partial charge < -0.3 is 5.73 Å². The molecule has 5 heteroatoms. The lowest BCUT2D eigenvalue weighted by Gasteiger charge is -2.23. The zero-order chi connectivity index (χ0) is 15.2. The van der Waals surface area contributed by atoms with Crippen molar-refractivity contribution in [3.8, 4) is 6.07 Å². The first-order valence-electron chi connectivity index (χ1n) is 7.36. The molecule has 0 spiro atoms. The van der Waals surface area contributed by atoms with E-state index in [-0.39, 0.29) is 11.6 Å². The third kappa shape index (κ3) is 4.02. The first-order chi connectivity index (χ1) is 10.1. The van der Waals surface area contributed by atoms with Crippen LogP contribution in [0.1, 0.15) is 55.7 Å². The zero-order valence-electron chi connectivity index (χ0n) is 11.9. The van der Waals surface area contributed by atoms with E-state index in [1.165, 1.54) is 31.0 Å². The molecule has 112 valence electrons. The minimum absolute atomic E-state index is 0.0681. The van der Waals surface area contributed by atoms with E-state index in [9.17, 15) is 9.18 Å². The lowest BCUT2D eigenvalue weighted by molar-refractivity contribution is -0.120. The Bertz CT molecular complexity index is 545. The molecule has 0 aromatic heterocycles. The number of nitrogens with two attached hydrogens (primary N) is 1. The van der Waals surface area contributed by atoms with Gasteiger partial charge in [-0.2, -0.15) is 5.26 Å². The van der Waals surface area contributed by atoms with Gasteiger partial charge in [0.05, 0.1) is 5.56 Å². The van der Waals surface area contributed by atoms with E-state index in [0.717, 1.165) is 25.7 Å². The van der Waals surface area contributed by atoms with Gasteiger partial charge in [0.15, 0.2) is 0 Å². The van der Waals surface area contributed by atoms with Crippen LogP contribution in [0, 0.1) is 17.1 Å². The highest BCUT2D eigenvalue weighted by atomic mass is 19.1. The molecule has 1 aromatic rings. The molecular formula is C16H20FN3O. The molecule has 1 amide bonds. The first kappa shape index (κ1) is 15.5. The van der Waals surface area contributed by atoms with Gasteiger partial charge in [-0.05, 0) is 30.5 Å². The smallest absolute Gasteiger partial charge is 0.239 e. The quantitative estimate of drug-likeness (QED) is 0.836. The number of nitriles is 1. The molecule has 2 rings (SSSR count). The molecule has 4 nitrogen and oxygen atoms in total. The molecule has 21 heavy (non-hydrogen) atoms. The molecule has 0 saturated heterocycles. The van der Waals surface area contributed by atoms with Crippen molar-refractivity contribution < 1.29 is 9.18 Å². The van der Waals surface area contributed by atoms with E-state index in [0.29, 0.717) is 5.56 Å². The topological polar surface area (TPSA) is 78.9 Å². The second kappa shape index (κ2) is 7.19. The van der Waals surface area contributed by atoms with Crippen LogP contribution < -0.4 is 11.1 Å². The molecule has 1 saturated carbocycles. The van der Waals surface area contributed by atoms with Crippen LogP contribution in [0.3, 0.4) is 0 Å². The number of amides is 1. The van der Waals surface area contributed by atoms with E-state index >= 15 is 0 Å². The van der Waals surface area contributed by atoms with Crippen LogP contribution in [-0.2, 0) is 4.79 Å². The number of rotatable bonds is 4. The van der Waals surface area contributed by atoms with Crippen LogP contribution in [0.15, 0.2) is 18.2 Å². The number of hydrogen-bond donors (Lipinski definition) is 2. The molecule has 1 aliphatic rings. The molecule has 0 heterocycles. The van der Waals surface area contributed by atoms with Gasteiger partial charge in [0, 0.05) is 6.04 Å². The number of carbonyl (C=O) groups excluding carboxylic acids is 1. The molecule has 1 aliphatic carbocycles. The van der Waals surface area contributed by atoms with E-state index < -0.39 is 17.8 Å².